The highest BCUT2D eigenvalue weighted by atomic mass is 16.6. The van der Waals surface area contributed by atoms with Crippen molar-refractivity contribution in [2.24, 2.45) is 0 Å². The van der Waals surface area contributed by atoms with Gasteiger partial charge in [0, 0.05) is 5.92 Å². The molecule has 0 aromatic heterocycles. The lowest BCUT2D eigenvalue weighted by Crippen LogP contribution is -2.14. The molecule has 0 atom stereocenters. The van der Waals surface area contributed by atoms with E-state index in [0.29, 0.717) is 17.2 Å². The fraction of sp³-hybridized carbons (Fsp3) is 0.438. The Morgan fingerprint density at radius 3 is 1.95 bits per heavy atom. The predicted molar refractivity (Wildman–Crippen MR) is 79.0 cm³/mol. The number of hydrogen-bond donors (Lipinski definition) is 0. The van der Waals surface area contributed by atoms with Crippen molar-refractivity contribution in [1.82, 2.24) is 0 Å². The van der Waals surface area contributed by atoms with Gasteiger partial charge in [0.25, 0.3) is 0 Å². The smallest absolute Gasteiger partial charge is 0.389 e. The molecule has 0 amide bonds. The molecule has 1 rings (SSSR count). The minimum atomic E-state index is -0.802. The van der Waals surface area contributed by atoms with Crippen molar-refractivity contribution in [1.29, 1.82) is 0 Å². The van der Waals surface area contributed by atoms with Gasteiger partial charge in [0.15, 0.2) is 11.5 Å². The highest BCUT2D eigenvalue weighted by Gasteiger charge is 2.22. The zero-order valence-corrected chi connectivity index (χ0v) is 12.9. The molecular weight excluding hydrogens is 272 g/mol. The van der Waals surface area contributed by atoms with Crippen LogP contribution in [-0.2, 0) is 4.79 Å². The van der Waals surface area contributed by atoms with Crippen LogP contribution >= 0.6 is 0 Å². The van der Waals surface area contributed by atoms with E-state index in [9.17, 15) is 4.79 Å². The molecule has 0 N–H and O–H groups in total. The normalized spacial score (nSPS) is 10.2. The van der Waals surface area contributed by atoms with E-state index >= 15 is 0 Å². The number of terminal acetylenes is 1. The fourth-order valence-corrected chi connectivity index (χ4v) is 1.59. The van der Waals surface area contributed by atoms with Crippen LogP contribution < -0.4 is 18.9 Å². The molecule has 0 heterocycles. The van der Waals surface area contributed by atoms with Gasteiger partial charge in [-0.3, -0.25) is 0 Å². The van der Waals surface area contributed by atoms with E-state index in [0.717, 1.165) is 0 Å². The van der Waals surface area contributed by atoms with Crippen LogP contribution in [0.25, 0.3) is 0 Å². The summed E-state index contributed by atoms with van der Waals surface area (Å²) in [5, 5.41) is 0. The van der Waals surface area contributed by atoms with Crippen LogP contribution in [0.4, 0.5) is 0 Å². The van der Waals surface area contributed by atoms with Crippen LogP contribution in [0.15, 0.2) is 12.1 Å². The minimum Gasteiger partial charge on any atom is -0.493 e. The van der Waals surface area contributed by atoms with Gasteiger partial charge in [0.05, 0.1) is 19.3 Å². The standard InChI is InChI=1S/C16H20O5/c1-7-14(17)21-13-9-8-12(18-6)15(19-10(2)3)16(13)20-11(4)5/h1,8-11H,2-6H3. The molecule has 0 aliphatic rings. The summed E-state index contributed by atoms with van der Waals surface area (Å²) in [7, 11) is 1.52. The lowest BCUT2D eigenvalue weighted by atomic mass is 10.2. The Morgan fingerprint density at radius 2 is 1.52 bits per heavy atom. The number of carbonyl (C=O) groups is 1. The molecule has 1 aromatic rings. The molecule has 5 heteroatoms. The van der Waals surface area contributed by atoms with Gasteiger partial charge in [-0.2, -0.15) is 0 Å². The Hall–Kier alpha value is -2.35. The molecule has 0 bridgehead atoms. The Kier molecular flexibility index (Phi) is 5.92. The third-order valence-corrected chi connectivity index (χ3v) is 2.29. The number of carbonyl (C=O) groups excluding carboxylic acids is 1. The Bertz CT molecular complexity index is 540. The van der Waals surface area contributed by atoms with Crippen LogP contribution in [-0.4, -0.2) is 25.3 Å². The molecule has 0 saturated carbocycles. The molecule has 0 spiro atoms. The minimum absolute atomic E-state index is 0.105. The van der Waals surface area contributed by atoms with E-state index in [1.807, 2.05) is 33.6 Å². The van der Waals surface area contributed by atoms with Crippen LogP contribution in [0, 0.1) is 12.3 Å². The van der Waals surface area contributed by atoms with E-state index in [4.69, 9.17) is 25.4 Å². The van der Waals surface area contributed by atoms with Crippen molar-refractivity contribution in [2.45, 2.75) is 39.9 Å². The van der Waals surface area contributed by atoms with Crippen LogP contribution in [0.2, 0.25) is 0 Å². The maximum absolute atomic E-state index is 11.3. The maximum atomic E-state index is 11.3. The van der Waals surface area contributed by atoms with Crippen molar-refractivity contribution in [3.63, 3.8) is 0 Å². The summed E-state index contributed by atoms with van der Waals surface area (Å²) in [4.78, 5) is 11.3. The van der Waals surface area contributed by atoms with E-state index in [2.05, 4.69) is 0 Å². The SMILES string of the molecule is C#CC(=O)Oc1ccc(OC)c(OC(C)C)c1OC(C)C. The molecule has 0 saturated heterocycles. The van der Waals surface area contributed by atoms with Gasteiger partial charge in [-0.1, -0.05) is 0 Å². The van der Waals surface area contributed by atoms with Gasteiger partial charge < -0.3 is 18.9 Å². The summed E-state index contributed by atoms with van der Waals surface area (Å²) >= 11 is 0. The summed E-state index contributed by atoms with van der Waals surface area (Å²) in [6.07, 6.45) is 4.78. The second-order valence-corrected chi connectivity index (χ2v) is 4.79. The van der Waals surface area contributed by atoms with Gasteiger partial charge in [0.2, 0.25) is 11.5 Å². The predicted octanol–water partition coefficient (Wildman–Crippen LogP) is 2.81. The quantitative estimate of drug-likeness (QED) is 0.349. The Balaban J connectivity index is 3.36. The van der Waals surface area contributed by atoms with Crippen molar-refractivity contribution in [3.05, 3.63) is 12.1 Å². The molecule has 5 nitrogen and oxygen atoms in total. The molecule has 0 aliphatic heterocycles. The molecule has 21 heavy (non-hydrogen) atoms. The van der Waals surface area contributed by atoms with Crippen molar-refractivity contribution >= 4 is 5.97 Å². The van der Waals surface area contributed by atoms with Crippen molar-refractivity contribution < 1.29 is 23.7 Å². The summed E-state index contributed by atoms with van der Waals surface area (Å²) in [5.74, 6) is 2.45. The first-order chi connectivity index (χ1) is 9.88. The highest BCUT2D eigenvalue weighted by molar-refractivity contribution is 5.90. The lowest BCUT2D eigenvalue weighted by molar-refractivity contribution is -0.128. The van der Waals surface area contributed by atoms with E-state index < -0.39 is 5.97 Å². The van der Waals surface area contributed by atoms with E-state index in [1.165, 1.54) is 7.11 Å². The average Bonchev–Trinajstić information content (AvgIpc) is 2.41. The van der Waals surface area contributed by atoms with Gasteiger partial charge in [0.1, 0.15) is 0 Å². The number of ether oxygens (including phenoxy) is 4. The summed E-state index contributed by atoms with van der Waals surface area (Å²) in [5.41, 5.74) is 0. The zero-order chi connectivity index (χ0) is 16.0. The maximum Gasteiger partial charge on any atom is 0.389 e. The first-order valence-corrected chi connectivity index (χ1v) is 6.61. The van der Waals surface area contributed by atoms with E-state index in [-0.39, 0.29) is 18.0 Å². The number of esters is 1. The Morgan fingerprint density at radius 1 is 1.05 bits per heavy atom. The van der Waals surface area contributed by atoms with Gasteiger partial charge in [-0.15, -0.1) is 6.42 Å². The number of benzene rings is 1. The molecule has 1 aromatic carbocycles. The van der Waals surface area contributed by atoms with Gasteiger partial charge in [-0.05, 0) is 39.8 Å². The number of hydrogen-bond acceptors (Lipinski definition) is 5. The number of methoxy groups -OCH3 is 1. The van der Waals surface area contributed by atoms with Crippen molar-refractivity contribution in [3.8, 4) is 35.3 Å². The largest absolute Gasteiger partial charge is 0.493 e. The van der Waals surface area contributed by atoms with Crippen molar-refractivity contribution in [2.75, 3.05) is 7.11 Å². The zero-order valence-electron chi connectivity index (χ0n) is 12.9. The summed E-state index contributed by atoms with van der Waals surface area (Å²) < 4.78 is 21.8. The van der Waals surface area contributed by atoms with Gasteiger partial charge >= 0.3 is 5.97 Å². The van der Waals surface area contributed by atoms with E-state index in [1.54, 1.807) is 12.1 Å². The molecule has 114 valence electrons. The second kappa shape index (κ2) is 7.44. The third kappa shape index (κ3) is 4.60. The lowest BCUT2D eigenvalue weighted by Gasteiger charge is -2.21. The summed E-state index contributed by atoms with van der Waals surface area (Å²) in [6.45, 7) is 7.45. The molecule has 0 aliphatic carbocycles. The monoisotopic (exact) mass is 292 g/mol. The first kappa shape index (κ1) is 16.7. The Labute approximate surface area is 125 Å². The first-order valence-electron chi connectivity index (χ1n) is 6.61. The average molecular weight is 292 g/mol. The topological polar surface area (TPSA) is 54.0 Å². The summed E-state index contributed by atoms with van der Waals surface area (Å²) in [6, 6.07) is 3.18. The van der Waals surface area contributed by atoms with Crippen LogP contribution in [0.3, 0.4) is 0 Å². The fourth-order valence-electron chi connectivity index (χ4n) is 1.59. The van der Waals surface area contributed by atoms with Crippen LogP contribution in [0.5, 0.6) is 23.0 Å². The van der Waals surface area contributed by atoms with Gasteiger partial charge in [-0.25, -0.2) is 4.79 Å². The third-order valence-electron chi connectivity index (χ3n) is 2.29. The molecule has 0 unspecified atom stereocenters. The highest BCUT2D eigenvalue weighted by Crippen LogP contribution is 2.45. The molecular formula is C16H20O5. The second-order valence-electron chi connectivity index (χ2n) is 4.79. The van der Waals surface area contributed by atoms with Crippen LogP contribution in [0.1, 0.15) is 27.7 Å². The molecule has 0 fully saturated rings. The number of rotatable bonds is 6. The molecule has 0 radical (unpaired) electrons.